The second kappa shape index (κ2) is 6.95. The number of benzene rings is 1. The number of anilines is 1. The SMILES string of the molecule is CCc1cnc(NCc2ccc(C(F)(F)F)c(C)c2)nc1CN. The lowest BCUT2D eigenvalue weighted by atomic mass is 10.0. The van der Waals surface area contributed by atoms with E-state index in [4.69, 9.17) is 5.73 Å². The van der Waals surface area contributed by atoms with Crippen LogP contribution in [0.3, 0.4) is 0 Å². The van der Waals surface area contributed by atoms with E-state index in [9.17, 15) is 13.2 Å². The molecule has 2 aromatic rings. The van der Waals surface area contributed by atoms with E-state index in [0.717, 1.165) is 29.3 Å². The number of nitrogens with two attached hydrogens (primary N) is 1. The highest BCUT2D eigenvalue weighted by atomic mass is 19.4. The largest absolute Gasteiger partial charge is 0.416 e. The van der Waals surface area contributed by atoms with Crippen LogP contribution in [-0.4, -0.2) is 9.97 Å². The Labute approximate surface area is 133 Å². The van der Waals surface area contributed by atoms with Gasteiger partial charge in [-0.3, -0.25) is 0 Å². The van der Waals surface area contributed by atoms with Gasteiger partial charge in [-0.15, -0.1) is 0 Å². The predicted molar refractivity (Wildman–Crippen MR) is 82.8 cm³/mol. The van der Waals surface area contributed by atoms with E-state index in [2.05, 4.69) is 15.3 Å². The number of nitrogens with one attached hydrogen (secondary N) is 1. The molecule has 3 N–H and O–H groups in total. The van der Waals surface area contributed by atoms with Crippen molar-refractivity contribution >= 4 is 5.95 Å². The second-order valence-electron chi connectivity index (χ2n) is 5.22. The zero-order valence-corrected chi connectivity index (χ0v) is 13.0. The normalized spacial score (nSPS) is 11.6. The molecule has 124 valence electrons. The summed E-state index contributed by atoms with van der Waals surface area (Å²) in [6.07, 6.45) is -1.81. The molecule has 4 nitrogen and oxygen atoms in total. The van der Waals surface area contributed by atoms with Crippen LogP contribution >= 0.6 is 0 Å². The average molecular weight is 324 g/mol. The number of aromatic nitrogens is 2. The van der Waals surface area contributed by atoms with Crippen LogP contribution in [0.5, 0.6) is 0 Å². The molecule has 0 spiro atoms. The molecule has 1 aromatic carbocycles. The van der Waals surface area contributed by atoms with Crippen molar-refractivity contribution in [3.63, 3.8) is 0 Å². The van der Waals surface area contributed by atoms with Gasteiger partial charge in [0, 0.05) is 19.3 Å². The molecule has 7 heteroatoms. The third-order valence-electron chi connectivity index (χ3n) is 3.58. The van der Waals surface area contributed by atoms with E-state index in [0.29, 0.717) is 19.0 Å². The molecule has 0 amide bonds. The van der Waals surface area contributed by atoms with E-state index in [1.165, 1.54) is 19.1 Å². The predicted octanol–water partition coefficient (Wildman–Crippen LogP) is 3.44. The quantitative estimate of drug-likeness (QED) is 0.884. The molecule has 0 aliphatic carbocycles. The molecular formula is C16H19F3N4. The van der Waals surface area contributed by atoms with Crippen molar-refractivity contribution < 1.29 is 13.2 Å². The Morgan fingerprint density at radius 3 is 2.57 bits per heavy atom. The number of nitrogens with zero attached hydrogens (tertiary/aromatic N) is 2. The summed E-state index contributed by atoms with van der Waals surface area (Å²) in [4.78, 5) is 8.52. The Bertz CT molecular complexity index is 684. The summed E-state index contributed by atoms with van der Waals surface area (Å²) in [6.45, 7) is 4.11. The van der Waals surface area contributed by atoms with Gasteiger partial charge in [0.25, 0.3) is 0 Å². The van der Waals surface area contributed by atoms with Gasteiger partial charge >= 0.3 is 6.18 Å². The van der Waals surface area contributed by atoms with Gasteiger partial charge < -0.3 is 11.1 Å². The minimum atomic E-state index is -4.33. The first-order valence-electron chi connectivity index (χ1n) is 7.30. The molecule has 2 rings (SSSR count). The van der Waals surface area contributed by atoms with E-state index < -0.39 is 11.7 Å². The topological polar surface area (TPSA) is 63.8 Å². The lowest BCUT2D eigenvalue weighted by Gasteiger charge is -2.12. The van der Waals surface area contributed by atoms with Crippen molar-refractivity contribution in [2.75, 3.05) is 5.32 Å². The van der Waals surface area contributed by atoms with Crippen LogP contribution < -0.4 is 11.1 Å². The van der Waals surface area contributed by atoms with E-state index in [1.807, 2.05) is 6.92 Å². The van der Waals surface area contributed by atoms with Gasteiger partial charge in [0.1, 0.15) is 0 Å². The van der Waals surface area contributed by atoms with Crippen LogP contribution in [0.4, 0.5) is 19.1 Å². The zero-order valence-electron chi connectivity index (χ0n) is 13.0. The summed E-state index contributed by atoms with van der Waals surface area (Å²) in [6, 6.07) is 4.06. The van der Waals surface area contributed by atoms with Crippen molar-refractivity contribution in [2.45, 2.75) is 39.5 Å². The summed E-state index contributed by atoms with van der Waals surface area (Å²) < 4.78 is 38.2. The maximum Gasteiger partial charge on any atom is 0.416 e. The fourth-order valence-corrected chi connectivity index (χ4v) is 2.33. The van der Waals surface area contributed by atoms with Crippen molar-refractivity contribution in [3.05, 3.63) is 52.3 Å². The molecule has 0 atom stereocenters. The highest BCUT2D eigenvalue weighted by Gasteiger charge is 2.32. The standard InChI is InChI=1S/C16H19F3N4/c1-3-12-9-22-15(23-14(12)7-20)21-8-11-4-5-13(10(2)6-11)16(17,18)19/h4-6,9H,3,7-8,20H2,1-2H3,(H,21,22,23). The molecule has 23 heavy (non-hydrogen) atoms. The van der Waals surface area contributed by atoms with Crippen LogP contribution in [0, 0.1) is 6.92 Å². The molecule has 1 aromatic heterocycles. The third kappa shape index (κ3) is 4.19. The Hall–Kier alpha value is -2.15. The number of alkyl halides is 3. The van der Waals surface area contributed by atoms with Crippen molar-refractivity contribution in [3.8, 4) is 0 Å². The average Bonchev–Trinajstić information content (AvgIpc) is 2.51. The molecule has 0 saturated heterocycles. The highest BCUT2D eigenvalue weighted by Crippen LogP contribution is 2.32. The molecule has 0 saturated carbocycles. The molecule has 1 heterocycles. The van der Waals surface area contributed by atoms with Crippen LogP contribution in [0.15, 0.2) is 24.4 Å². The van der Waals surface area contributed by atoms with Gasteiger partial charge in [-0.2, -0.15) is 13.2 Å². The first-order chi connectivity index (χ1) is 10.8. The van der Waals surface area contributed by atoms with Gasteiger partial charge in [-0.1, -0.05) is 19.1 Å². The summed E-state index contributed by atoms with van der Waals surface area (Å²) >= 11 is 0. The Kier molecular flexibility index (Phi) is 5.20. The number of aryl methyl sites for hydroxylation is 2. The molecule has 0 unspecified atom stereocenters. The summed E-state index contributed by atoms with van der Waals surface area (Å²) in [5.41, 5.74) is 7.73. The molecular weight excluding hydrogens is 305 g/mol. The van der Waals surface area contributed by atoms with E-state index in [-0.39, 0.29) is 5.56 Å². The van der Waals surface area contributed by atoms with Crippen LogP contribution in [0.1, 0.15) is 34.9 Å². The molecule has 0 fully saturated rings. The maximum absolute atomic E-state index is 12.7. The second-order valence-corrected chi connectivity index (χ2v) is 5.22. The molecule has 0 aliphatic rings. The fourth-order valence-electron chi connectivity index (χ4n) is 2.33. The number of hydrogen-bond acceptors (Lipinski definition) is 4. The maximum atomic E-state index is 12.7. The Balaban J connectivity index is 2.11. The first-order valence-corrected chi connectivity index (χ1v) is 7.30. The van der Waals surface area contributed by atoms with Crippen molar-refractivity contribution in [1.82, 2.24) is 9.97 Å². The van der Waals surface area contributed by atoms with Crippen LogP contribution in [0.25, 0.3) is 0 Å². The Morgan fingerprint density at radius 1 is 1.26 bits per heavy atom. The number of rotatable bonds is 5. The molecule has 0 aliphatic heterocycles. The number of hydrogen-bond donors (Lipinski definition) is 2. The van der Waals surface area contributed by atoms with Gasteiger partial charge in [0.15, 0.2) is 0 Å². The van der Waals surface area contributed by atoms with Crippen molar-refractivity contribution in [1.29, 1.82) is 0 Å². The molecule has 0 bridgehead atoms. The highest BCUT2D eigenvalue weighted by molar-refractivity contribution is 5.36. The summed E-state index contributed by atoms with van der Waals surface area (Å²) in [5, 5.41) is 3.01. The Morgan fingerprint density at radius 2 is 2.00 bits per heavy atom. The van der Waals surface area contributed by atoms with Crippen molar-refractivity contribution in [2.24, 2.45) is 5.73 Å². The van der Waals surface area contributed by atoms with Gasteiger partial charge in [0.05, 0.1) is 11.3 Å². The van der Waals surface area contributed by atoms with Crippen LogP contribution in [0.2, 0.25) is 0 Å². The first kappa shape index (κ1) is 17.2. The van der Waals surface area contributed by atoms with E-state index >= 15 is 0 Å². The van der Waals surface area contributed by atoms with Crippen LogP contribution in [-0.2, 0) is 25.7 Å². The van der Waals surface area contributed by atoms with E-state index in [1.54, 1.807) is 6.20 Å². The zero-order chi connectivity index (χ0) is 17.0. The van der Waals surface area contributed by atoms with Gasteiger partial charge in [-0.05, 0) is 36.1 Å². The minimum Gasteiger partial charge on any atom is -0.350 e. The number of halogens is 3. The smallest absolute Gasteiger partial charge is 0.350 e. The molecule has 0 radical (unpaired) electrons. The summed E-state index contributed by atoms with van der Waals surface area (Å²) in [5.74, 6) is 0.417. The lowest BCUT2D eigenvalue weighted by molar-refractivity contribution is -0.138. The van der Waals surface area contributed by atoms with Gasteiger partial charge in [0.2, 0.25) is 5.95 Å². The fraction of sp³-hybridized carbons (Fsp3) is 0.375. The monoisotopic (exact) mass is 324 g/mol. The van der Waals surface area contributed by atoms with Gasteiger partial charge in [-0.25, -0.2) is 9.97 Å². The minimum absolute atomic E-state index is 0.196. The summed E-state index contributed by atoms with van der Waals surface area (Å²) in [7, 11) is 0. The third-order valence-corrected chi connectivity index (χ3v) is 3.58. The lowest BCUT2D eigenvalue weighted by Crippen LogP contribution is -2.11.